The van der Waals surface area contributed by atoms with Crippen LogP contribution >= 0.6 is 11.6 Å². The fraction of sp³-hybridized carbons (Fsp3) is 0.500. The van der Waals surface area contributed by atoms with E-state index in [9.17, 15) is 13.6 Å². The molecule has 21 heavy (non-hydrogen) atoms. The van der Waals surface area contributed by atoms with Crippen molar-refractivity contribution in [1.82, 2.24) is 14.5 Å². The topological polar surface area (TPSA) is 47.8 Å². The van der Waals surface area contributed by atoms with E-state index in [4.69, 9.17) is 11.6 Å². The van der Waals surface area contributed by atoms with Crippen molar-refractivity contribution in [2.75, 3.05) is 0 Å². The molecule has 112 valence electrons. The Kier molecular flexibility index (Phi) is 3.43. The third kappa shape index (κ3) is 2.64. The summed E-state index contributed by atoms with van der Waals surface area (Å²) in [5.41, 5.74) is 0.948. The van der Waals surface area contributed by atoms with Crippen LogP contribution in [0.5, 0.6) is 0 Å². The molecule has 0 unspecified atom stereocenters. The van der Waals surface area contributed by atoms with Crippen LogP contribution in [0.15, 0.2) is 17.1 Å². The van der Waals surface area contributed by atoms with Crippen molar-refractivity contribution in [3.8, 4) is 0 Å². The second-order valence-corrected chi connectivity index (χ2v) is 5.84. The van der Waals surface area contributed by atoms with Gasteiger partial charge in [-0.2, -0.15) is 4.98 Å². The average Bonchev–Trinajstić information content (AvgIpc) is 2.40. The average molecular weight is 314 g/mol. The van der Waals surface area contributed by atoms with Gasteiger partial charge in [-0.05, 0) is 36.9 Å². The zero-order chi connectivity index (χ0) is 15.2. The summed E-state index contributed by atoms with van der Waals surface area (Å²) in [5.74, 6) is -2.63. The van der Waals surface area contributed by atoms with E-state index in [-0.39, 0.29) is 42.6 Å². The zero-order valence-corrected chi connectivity index (χ0v) is 12.2. The molecule has 1 saturated carbocycles. The van der Waals surface area contributed by atoms with Gasteiger partial charge in [0.15, 0.2) is 0 Å². The molecule has 7 heteroatoms. The number of aromatic nitrogens is 3. The molecule has 1 fully saturated rings. The third-order valence-corrected chi connectivity index (χ3v) is 4.20. The van der Waals surface area contributed by atoms with Crippen LogP contribution in [0, 0.1) is 6.92 Å². The molecule has 0 amide bonds. The van der Waals surface area contributed by atoms with E-state index in [2.05, 4.69) is 9.97 Å². The van der Waals surface area contributed by atoms with Crippen LogP contribution in [0.25, 0.3) is 11.0 Å². The second-order valence-electron chi connectivity index (χ2n) is 5.50. The highest BCUT2D eigenvalue weighted by atomic mass is 35.5. The number of aryl methyl sites for hydroxylation is 1. The Hall–Kier alpha value is -1.56. The monoisotopic (exact) mass is 313 g/mol. The van der Waals surface area contributed by atoms with Crippen molar-refractivity contribution in [3.05, 3.63) is 33.5 Å². The van der Waals surface area contributed by atoms with Gasteiger partial charge in [-0.25, -0.2) is 13.8 Å². The molecule has 4 nitrogen and oxygen atoms in total. The van der Waals surface area contributed by atoms with Gasteiger partial charge >= 0.3 is 0 Å². The number of nitrogens with zero attached hydrogens (tertiary/aromatic N) is 3. The van der Waals surface area contributed by atoms with Gasteiger partial charge in [0, 0.05) is 36.5 Å². The van der Waals surface area contributed by atoms with Gasteiger partial charge in [-0.1, -0.05) is 0 Å². The molecule has 2 heterocycles. The number of fused-ring (bicyclic) bond motifs is 1. The molecule has 1 aliphatic carbocycles. The lowest BCUT2D eigenvalue weighted by molar-refractivity contribution is -0.0439. The van der Waals surface area contributed by atoms with Crippen molar-refractivity contribution in [1.29, 1.82) is 0 Å². The Morgan fingerprint density at radius 2 is 2.05 bits per heavy atom. The maximum absolute atomic E-state index is 13.3. The Morgan fingerprint density at radius 3 is 2.71 bits per heavy atom. The molecule has 0 radical (unpaired) electrons. The second kappa shape index (κ2) is 5.02. The number of hydrogen-bond donors (Lipinski definition) is 0. The highest BCUT2D eigenvalue weighted by Gasteiger charge is 2.36. The number of pyridine rings is 1. The Bertz CT molecular complexity index is 750. The predicted molar refractivity (Wildman–Crippen MR) is 76.0 cm³/mol. The summed E-state index contributed by atoms with van der Waals surface area (Å²) < 4.78 is 28.1. The van der Waals surface area contributed by atoms with Crippen LogP contribution in [-0.4, -0.2) is 20.5 Å². The van der Waals surface area contributed by atoms with E-state index < -0.39 is 5.92 Å². The molecule has 0 spiro atoms. The van der Waals surface area contributed by atoms with Gasteiger partial charge < -0.3 is 0 Å². The smallest absolute Gasteiger partial charge is 0.252 e. The first-order valence-corrected chi connectivity index (χ1v) is 7.17. The van der Waals surface area contributed by atoms with Gasteiger partial charge in [0.25, 0.3) is 5.56 Å². The van der Waals surface area contributed by atoms with E-state index in [1.165, 1.54) is 10.6 Å². The van der Waals surface area contributed by atoms with Crippen LogP contribution in [0.4, 0.5) is 8.78 Å². The van der Waals surface area contributed by atoms with Crippen molar-refractivity contribution >= 4 is 22.6 Å². The summed E-state index contributed by atoms with van der Waals surface area (Å²) in [7, 11) is 0. The lowest BCUT2D eigenvalue weighted by atomic mass is 9.92. The van der Waals surface area contributed by atoms with Gasteiger partial charge in [-0.3, -0.25) is 9.36 Å². The van der Waals surface area contributed by atoms with Gasteiger partial charge in [0.2, 0.25) is 11.2 Å². The SMILES string of the molecule is Cc1cc(=O)n(C2CCC(F)(F)CC2)c2nc(Cl)ncc12. The van der Waals surface area contributed by atoms with Gasteiger partial charge in [0.1, 0.15) is 5.65 Å². The minimum atomic E-state index is -2.63. The Morgan fingerprint density at radius 1 is 1.38 bits per heavy atom. The van der Waals surface area contributed by atoms with E-state index in [1.807, 2.05) is 0 Å². The van der Waals surface area contributed by atoms with Crippen LogP contribution in [0.3, 0.4) is 0 Å². The standard InChI is InChI=1S/C14H14ClF2N3O/c1-8-6-11(21)20(9-2-4-14(16,17)5-3-9)12-10(8)7-18-13(15)19-12/h6-7,9H,2-5H2,1H3. The zero-order valence-electron chi connectivity index (χ0n) is 11.4. The molecule has 0 saturated heterocycles. The fourth-order valence-electron chi connectivity index (χ4n) is 2.89. The van der Waals surface area contributed by atoms with Crippen LogP contribution in [-0.2, 0) is 0 Å². The maximum Gasteiger partial charge on any atom is 0.252 e. The number of rotatable bonds is 1. The van der Waals surface area contributed by atoms with Crippen LogP contribution < -0.4 is 5.56 Å². The normalized spacial score (nSPS) is 19.0. The summed E-state index contributed by atoms with van der Waals surface area (Å²) in [6.07, 6.45) is 1.66. The molecule has 0 bridgehead atoms. The molecule has 2 aromatic heterocycles. The molecule has 0 aromatic carbocycles. The first kappa shape index (κ1) is 14.4. The summed E-state index contributed by atoms with van der Waals surface area (Å²) >= 11 is 5.82. The van der Waals surface area contributed by atoms with Crippen LogP contribution in [0.2, 0.25) is 5.28 Å². The first-order chi connectivity index (χ1) is 9.87. The highest BCUT2D eigenvalue weighted by Crippen LogP contribution is 2.38. The summed E-state index contributed by atoms with van der Waals surface area (Å²) in [5, 5.41) is 0.763. The van der Waals surface area contributed by atoms with Gasteiger partial charge in [-0.15, -0.1) is 0 Å². The highest BCUT2D eigenvalue weighted by molar-refractivity contribution is 6.28. The first-order valence-electron chi connectivity index (χ1n) is 6.80. The van der Waals surface area contributed by atoms with E-state index in [0.717, 1.165) is 10.9 Å². The van der Waals surface area contributed by atoms with E-state index in [0.29, 0.717) is 5.65 Å². The van der Waals surface area contributed by atoms with Crippen molar-refractivity contribution in [2.45, 2.75) is 44.6 Å². The molecule has 2 aromatic rings. The Labute approximate surface area is 124 Å². The molecule has 0 N–H and O–H groups in total. The number of alkyl halides is 2. The van der Waals surface area contributed by atoms with Crippen molar-refractivity contribution in [3.63, 3.8) is 0 Å². The molecule has 3 rings (SSSR count). The lowest BCUT2D eigenvalue weighted by Gasteiger charge is -2.30. The molecule has 0 atom stereocenters. The van der Waals surface area contributed by atoms with Crippen LogP contribution in [0.1, 0.15) is 37.3 Å². The largest absolute Gasteiger partial charge is 0.289 e. The van der Waals surface area contributed by atoms with E-state index >= 15 is 0 Å². The summed E-state index contributed by atoms with van der Waals surface area (Å²) in [6, 6.07) is 1.22. The fourth-order valence-corrected chi connectivity index (χ4v) is 3.02. The molecule has 1 aliphatic rings. The van der Waals surface area contributed by atoms with Crippen molar-refractivity contribution < 1.29 is 8.78 Å². The molecular weight excluding hydrogens is 300 g/mol. The summed E-state index contributed by atoms with van der Waals surface area (Å²) in [6.45, 7) is 1.79. The third-order valence-electron chi connectivity index (χ3n) is 4.02. The molecular formula is C14H14ClF2N3O. The van der Waals surface area contributed by atoms with E-state index in [1.54, 1.807) is 13.1 Å². The molecule has 0 aliphatic heterocycles. The predicted octanol–water partition coefficient (Wildman–Crippen LogP) is 3.50. The quantitative estimate of drug-likeness (QED) is 0.757. The minimum Gasteiger partial charge on any atom is -0.289 e. The number of hydrogen-bond acceptors (Lipinski definition) is 3. The number of halogens is 3. The Balaban J connectivity index is 2.14. The maximum atomic E-state index is 13.3. The minimum absolute atomic E-state index is 0.0439. The van der Waals surface area contributed by atoms with Crippen molar-refractivity contribution in [2.24, 2.45) is 0 Å². The lowest BCUT2D eigenvalue weighted by Crippen LogP contribution is -2.32. The van der Waals surface area contributed by atoms with Gasteiger partial charge in [0.05, 0.1) is 0 Å². The summed E-state index contributed by atoms with van der Waals surface area (Å²) in [4.78, 5) is 20.4.